The van der Waals surface area contributed by atoms with Gasteiger partial charge in [0.25, 0.3) is 5.91 Å². The van der Waals surface area contributed by atoms with Gasteiger partial charge in [-0.05, 0) is 18.2 Å². The monoisotopic (exact) mass is 269 g/mol. The molecule has 0 unspecified atom stereocenters. The van der Waals surface area contributed by atoms with E-state index in [0.717, 1.165) is 0 Å². The predicted octanol–water partition coefficient (Wildman–Crippen LogP) is 1.13. The van der Waals surface area contributed by atoms with E-state index in [1.54, 1.807) is 24.4 Å². The number of amides is 1. The summed E-state index contributed by atoms with van der Waals surface area (Å²) in [6.45, 7) is 0.507. The van der Waals surface area contributed by atoms with E-state index >= 15 is 0 Å². The minimum atomic E-state index is -1.13. The Morgan fingerprint density at radius 1 is 1.35 bits per heavy atom. The Labute approximate surface area is 114 Å². The summed E-state index contributed by atoms with van der Waals surface area (Å²) in [5.41, 5.74) is 1.71. The van der Waals surface area contributed by atoms with Gasteiger partial charge in [0.1, 0.15) is 5.69 Å². The number of carboxylic acids is 1. The third kappa shape index (κ3) is 2.01. The molecule has 2 aromatic rings. The molecule has 1 amide bonds. The van der Waals surface area contributed by atoms with Crippen molar-refractivity contribution in [1.29, 1.82) is 0 Å². The van der Waals surface area contributed by atoms with Gasteiger partial charge in [0, 0.05) is 19.2 Å². The van der Waals surface area contributed by atoms with Crippen LogP contribution in [0.4, 0.5) is 0 Å². The van der Waals surface area contributed by atoms with Crippen molar-refractivity contribution in [1.82, 2.24) is 15.3 Å². The van der Waals surface area contributed by atoms with Gasteiger partial charge in [0.15, 0.2) is 0 Å². The van der Waals surface area contributed by atoms with Crippen molar-refractivity contribution in [2.24, 2.45) is 0 Å². The largest absolute Gasteiger partial charge is 0.478 e. The molecule has 0 bridgehead atoms. The number of nitrogens with zero attached hydrogens (tertiary/aromatic N) is 2. The number of nitrogens with one attached hydrogen (secondary N) is 1. The number of carboxylic acid groups (broad SMARTS) is 1. The fourth-order valence-electron chi connectivity index (χ4n) is 2.19. The van der Waals surface area contributed by atoms with Crippen LogP contribution in [0.25, 0.3) is 11.4 Å². The third-order valence-electron chi connectivity index (χ3n) is 3.13. The minimum Gasteiger partial charge on any atom is -0.478 e. The SMILES string of the molecule is O=C1NCCc2nc(-c3ccccn3)c(C(=O)O)cc21. The summed E-state index contributed by atoms with van der Waals surface area (Å²) < 4.78 is 0. The second-order valence-electron chi connectivity index (χ2n) is 4.40. The molecule has 0 spiro atoms. The average molecular weight is 269 g/mol. The first-order valence-corrected chi connectivity index (χ1v) is 6.13. The third-order valence-corrected chi connectivity index (χ3v) is 3.13. The van der Waals surface area contributed by atoms with E-state index in [4.69, 9.17) is 0 Å². The highest BCUT2D eigenvalue weighted by Gasteiger charge is 2.24. The maximum atomic E-state index is 11.7. The number of aromatic carboxylic acids is 1. The number of pyridine rings is 2. The van der Waals surface area contributed by atoms with Gasteiger partial charge in [-0.15, -0.1) is 0 Å². The molecule has 0 fully saturated rings. The van der Waals surface area contributed by atoms with Crippen molar-refractivity contribution in [2.45, 2.75) is 6.42 Å². The van der Waals surface area contributed by atoms with Crippen LogP contribution in [-0.2, 0) is 6.42 Å². The zero-order valence-electron chi connectivity index (χ0n) is 10.5. The van der Waals surface area contributed by atoms with E-state index in [0.29, 0.717) is 35.6 Å². The molecule has 2 aromatic heterocycles. The Morgan fingerprint density at radius 2 is 2.20 bits per heavy atom. The molecule has 0 atom stereocenters. The molecule has 0 aromatic carbocycles. The minimum absolute atomic E-state index is 0.0144. The summed E-state index contributed by atoms with van der Waals surface area (Å²) in [5, 5.41) is 12.0. The van der Waals surface area contributed by atoms with Crippen molar-refractivity contribution in [2.75, 3.05) is 6.54 Å². The number of carbonyl (C=O) groups excluding carboxylic acids is 1. The summed E-state index contributed by atoms with van der Waals surface area (Å²) >= 11 is 0. The molecular weight excluding hydrogens is 258 g/mol. The topological polar surface area (TPSA) is 92.2 Å². The fraction of sp³-hybridized carbons (Fsp3) is 0.143. The smallest absolute Gasteiger partial charge is 0.338 e. The number of aromatic nitrogens is 2. The van der Waals surface area contributed by atoms with Crippen LogP contribution in [0, 0.1) is 0 Å². The Morgan fingerprint density at radius 3 is 2.90 bits per heavy atom. The second-order valence-corrected chi connectivity index (χ2v) is 4.40. The van der Waals surface area contributed by atoms with E-state index in [1.165, 1.54) is 6.07 Å². The summed E-state index contributed by atoms with van der Waals surface area (Å²) in [6.07, 6.45) is 2.16. The lowest BCUT2D eigenvalue weighted by Crippen LogP contribution is -2.33. The lowest BCUT2D eigenvalue weighted by atomic mass is 10.0. The highest BCUT2D eigenvalue weighted by atomic mass is 16.4. The number of hydrogen-bond donors (Lipinski definition) is 2. The molecule has 3 rings (SSSR count). The lowest BCUT2D eigenvalue weighted by Gasteiger charge is -2.17. The molecule has 6 nitrogen and oxygen atoms in total. The molecule has 0 saturated carbocycles. The molecule has 0 aliphatic carbocycles. The van der Waals surface area contributed by atoms with Crippen molar-refractivity contribution in [3.8, 4) is 11.4 Å². The molecule has 1 aliphatic rings. The normalized spacial score (nSPS) is 13.5. The molecule has 6 heteroatoms. The standard InChI is InChI=1S/C14H11N3O3/c18-13-8-7-9(14(19)20)12(11-3-1-2-5-15-11)17-10(8)4-6-16-13/h1-3,5,7H,4,6H2,(H,16,18)(H,19,20). The molecule has 100 valence electrons. The van der Waals surface area contributed by atoms with Gasteiger partial charge >= 0.3 is 5.97 Å². The first-order chi connectivity index (χ1) is 9.66. The predicted molar refractivity (Wildman–Crippen MR) is 70.5 cm³/mol. The van der Waals surface area contributed by atoms with Crippen LogP contribution in [-0.4, -0.2) is 33.5 Å². The van der Waals surface area contributed by atoms with Crippen LogP contribution in [0.2, 0.25) is 0 Å². The number of rotatable bonds is 2. The summed E-state index contributed by atoms with van der Waals surface area (Å²) in [4.78, 5) is 31.6. The first kappa shape index (κ1) is 12.3. The van der Waals surface area contributed by atoms with Crippen molar-refractivity contribution in [3.05, 3.63) is 47.3 Å². The molecule has 0 saturated heterocycles. The maximum absolute atomic E-state index is 11.7. The molecule has 3 heterocycles. The highest BCUT2D eigenvalue weighted by Crippen LogP contribution is 2.24. The molecular formula is C14H11N3O3. The molecule has 2 N–H and O–H groups in total. The lowest BCUT2D eigenvalue weighted by molar-refractivity contribution is 0.0697. The maximum Gasteiger partial charge on any atom is 0.338 e. The van der Waals surface area contributed by atoms with Crippen molar-refractivity contribution in [3.63, 3.8) is 0 Å². The number of fused-ring (bicyclic) bond motifs is 1. The van der Waals surface area contributed by atoms with Gasteiger partial charge in [-0.1, -0.05) is 6.07 Å². The number of carbonyl (C=O) groups is 2. The van der Waals surface area contributed by atoms with E-state index < -0.39 is 5.97 Å². The second kappa shape index (κ2) is 4.73. The first-order valence-electron chi connectivity index (χ1n) is 6.13. The Bertz CT molecular complexity index is 698. The molecule has 0 radical (unpaired) electrons. The van der Waals surface area contributed by atoms with Gasteiger partial charge in [-0.2, -0.15) is 0 Å². The Hall–Kier alpha value is -2.76. The van der Waals surface area contributed by atoms with Gasteiger partial charge in [0.2, 0.25) is 0 Å². The van der Waals surface area contributed by atoms with Gasteiger partial charge in [0.05, 0.1) is 22.5 Å². The highest BCUT2D eigenvalue weighted by molar-refractivity contribution is 6.01. The van der Waals surface area contributed by atoms with Crippen LogP contribution >= 0.6 is 0 Å². The van der Waals surface area contributed by atoms with Crippen LogP contribution in [0.1, 0.15) is 26.4 Å². The van der Waals surface area contributed by atoms with Gasteiger partial charge in [-0.25, -0.2) is 9.78 Å². The van der Waals surface area contributed by atoms with E-state index in [2.05, 4.69) is 15.3 Å². The van der Waals surface area contributed by atoms with Crippen LogP contribution < -0.4 is 5.32 Å². The average Bonchev–Trinajstić information content (AvgIpc) is 2.47. The van der Waals surface area contributed by atoms with E-state index in [-0.39, 0.29) is 11.5 Å². The van der Waals surface area contributed by atoms with Crippen molar-refractivity contribution >= 4 is 11.9 Å². The summed E-state index contributed by atoms with van der Waals surface area (Å²) in [7, 11) is 0. The summed E-state index contributed by atoms with van der Waals surface area (Å²) in [5.74, 6) is -1.41. The van der Waals surface area contributed by atoms with Gasteiger partial charge < -0.3 is 10.4 Å². The van der Waals surface area contributed by atoms with E-state index in [1.807, 2.05) is 0 Å². The summed E-state index contributed by atoms with van der Waals surface area (Å²) in [6, 6.07) is 6.59. The molecule has 1 aliphatic heterocycles. The van der Waals surface area contributed by atoms with Crippen LogP contribution in [0.5, 0.6) is 0 Å². The van der Waals surface area contributed by atoms with E-state index in [9.17, 15) is 14.7 Å². The Balaban J connectivity index is 2.24. The molecule has 20 heavy (non-hydrogen) atoms. The van der Waals surface area contributed by atoms with Gasteiger partial charge in [-0.3, -0.25) is 9.78 Å². The Kier molecular flexibility index (Phi) is 2.90. The van der Waals surface area contributed by atoms with Crippen LogP contribution in [0.3, 0.4) is 0 Å². The quantitative estimate of drug-likeness (QED) is 0.852. The number of hydrogen-bond acceptors (Lipinski definition) is 4. The zero-order valence-corrected chi connectivity index (χ0v) is 10.5. The zero-order chi connectivity index (χ0) is 14.1. The fourth-order valence-corrected chi connectivity index (χ4v) is 2.19. The van der Waals surface area contributed by atoms with Crippen LogP contribution in [0.15, 0.2) is 30.5 Å². The van der Waals surface area contributed by atoms with Crippen molar-refractivity contribution < 1.29 is 14.7 Å².